The number of carbonyl (C=O) groups excluding carboxylic acids is 1. The van der Waals surface area contributed by atoms with Crippen LogP contribution in [0.3, 0.4) is 0 Å². The number of rotatable bonds is 4. The van der Waals surface area contributed by atoms with Crippen molar-refractivity contribution >= 4 is 39.3 Å². The largest absolute Gasteiger partial charge is 0.481 e. The normalized spacial score (nSPS) is 22.2. The molecule has 110 valence electrons. The molecule has 5 nitrogen and oxygen atoms in total. The van der Waals surface area contributed by atoms with E-state index in [1.807, 2.05) is 11.4 Å². The summed E-state index contributed by atoms with van der Waals surface area (Å²) in [7, 11) is 0. The summed E-state index contributed by atoms with van der Waals surface area (Å²) in [6.45, 7) is 0.439. The number of aliphatic carboxylic acids is 1. The monoisotopic (exact) mass is 360 g/mol. The Morgan fingerprint density at radius 1 is 1.40 bits per heavy atom. The molecule has 0 radical (unpaired) electrons. The third kappa shape index (κ3) is 3.96. The lowest BCUT2D eigenvalue weighted by molar-refractivity contribution is -0.143. The Morgan fingerprint density at radius 2 is 2.15 bits per heavy atom. The fourth-order valence-electron chi connectivity index (χ4n) is 2.43. The number of nitrogens with one attached hydrogen (secondary N) is 2. The molecule has 2 unspecified atom stereocenters. The topological polar surface area (TPSA) is 78.4 Å². The molecule has 0 aliphatic heterocycles. The Balaban J connectivity index is 1.84. The summed E-state index contributed by atoms with van der Waals surface area (Å²) >= 11 is 4.96. The van der Waals surface area contributed by atoms with E-state index in [4.69, 9.17) is 5.11 Å². The minimum atomic E-state index is -0.823. The Morgan fingerprint density at radius 3 is 2.80 bits per heavy atom. The summed E-state index contributed by atoms with van der Waals surface area (Å²) in [5, 5.41) is 16.7. The van der Waals surface area contributed by atoms with E-state index in [1.54, 1.807) is 11.3 Å². The molecule has 1 heterocycles. The first kappa shape index (κ1) is 15.3. The van der Waals surface area contributed by atoms with Crippen molar-refractivity contribution in [1.29, 1.82) is 0 Å². The molecule has 0 aromatic carbocycles. The van der Waals surface area contributed by atoms with Crippen molar-refractivity contribution < 1.29 is 14.7 Å². The van der Waals surface area contributed by atoms with Crippen LogP contribution in [-0.4, -0.2) is 23.1 Å². The van der Waals surface area contributed by atoms with Crippen LogP contribution in [-0.2, 0) is 11.3 Å². The summed E-state index contributed by atoms with van der Waals surface area (Å²) < 4.78 is 0.976. The number of carboxylic acids is 1. The first-order chi connectivity index (χ1) is 9.58. The number of carbonyl (C=O) groups is 2. The van der Waals surface area contributed by atoms with Gasteiger partial charge in [-0.2, -0.15) is 0 Å². The van der Waals surface area contributed by atoms with Crippen LogP contribution in [0.15, 0.2) is 15.9 Å². The van der Waals surface area contributed by atoms with Crippen LogP contribution in [0.5, 0.6) is 0 Å². The van der Waals surface area contributed by atoms with Crippen LogP contribution in [0.4, 0.5) is 4.79 Å². The highest BCUT2D eigenvalue weighted by Crippen LogP contribution is 2.25. The van der Waals surface area contributed by atoms with E-state index >= 15 is 0 Å². The van der Waals surface area contributed by atoms with Gasteiger partial charge in [-0.15, -0.1) is 11.3 Å². The van der Waals surface area contributed by atoms with E-state index < -0.39 is 11.9 Å². The molecule has 1 aliphatic carbocycles. The van der Waals surface area contributed by atoms with Gasteiger partial charge in [-0.3, -0.25) is 4.79 Å². The molecule has 7 heteroatoms. The average Bonchev–Trinajstić information content (AvgIpc) is 2.82. The Kier molecular flexibility index (Phi) is 5.42. The van der Waals surface area contributed by atoms with Gasteiger partial charge in [-0.05, 0) is 40.2 Å². The minimum Gasteiger partial charge on any atom is -0.481 e. The zero-order valence-electron chi connectivity index (χ0n) is 10.9. The Labute approximate surface area is 129 Å². The van der Waals surface area contributed by atoms with Crippen molar-refractivity contribution in [3.8, 4) is 0 Å². The first-order valence-corrected chi connectivity index (χ1v) is 8.24. The molecule has 1 aromatic rings. The Bertz CT molecular complexity index is 492. The summed E-state index contributed by atoms with van der Waals surface area (Å²) in [4.78, 5) is 24.1. The molecule has 1 fully saturated rings. The molecule has 0 saturated heterocycles. The standard InChI is InChI=1S/C13H17BrN2O3S/c14-9-5-6-20-11(9)7-15-13(19)16-10-4-2-1-3-8(10)12(17)18/h5-6,8,10H,1-4,7H2,(H,17,18)(H2,15,16,19). The Hall–Kier alpha value is -1.08. The van der Waals surface area contributed by atoms with Crippen LogP contribution in [0.2, 0.25) is 0 Å². The molecule has 1 saturated carbocycles. The SMILES string of the molecule is O=C(NCc1sccc1Br)NC1CCCCC1C(=O)O. The molecule has 2 amide bonds. The van der Waals surface area contributed by atoms with E-state index in [0.29, 0.717) is 13.0 Å². The van der Waals surface area contributed by atoms with Gasteiger partial charge in [0.05, 0.1) is 12.5 Å². The highest BCUT2D eigenvalue weighted by atomic mass is 79.9. The average molecular weight is 361 g/mol. The summed E-state index contributed by atoms with van der Waals surface area (Å²) in [6.07, 6.45) is 3.24. The number of thiophene rings is 1. The number of amides is 2. The van der Waals surface area contributed by atoms with Crippen LogP contribution in [0, 0.1) is 5.92 Å². The number of carboxylic acid groups (broad SMARTS) is 1. The van der Waals surface area contributed by atoms with E-state index in [9.17, 15) is 9.59 Å². The zero-order chi connectivity index (χ0) is 14.5. The highest BCUT2D eigenvalue weighted by Gasteiger charge is 2.31. The lowest BCUT2D eigenvalue weighted by Crippen LogP contribution is -2.48. The molecular weight excluding hydrogens is 344 g/mol. The summed E-state index contributed by atoms with van der Waals surface area (Å²) in [5.41, 5.74) is 0. The second kappa shape index (κ2) is 7.08. The predicted molar refractivity (Wildman–Crippen MR) is 80.8 cm³/mol. The van der Waals surface area contributed by atoms with Crippen molar-refractivity contribution in [1.82, 2.24) is 10.6 Å². The van der Waals surface area contributed by atoms with Gasteiger partial charge in [0.2, 0.25) is 0 Å². The lowest BCUT2D eigenvalue weighted by Gasteiger charge is -2.29. The molecule has 2 atom stereocenters. The van der Waals surface area contributed by atoms with Crippen LogP contribution in [0.1, 0.15) is 30.6 Å². The second-order valence-electron chi connectivity index (χ2n) is 4.85. The van der Waals surface area contributed by atoms with Crippen molar-refractivity contribution in [3.63, 3.8) is 0 Å². The van der Waals surface area contributed by atoms with Crippen molar-refractivity contribution in [3.05, 3.63) is 20.8 Å². The van der Waals surface area contributed by atoms with E-state index in [1.165, 1.54) is 0 Å². The van der Waals surface area contributed by atoms with Gasteiger partial charge in [0.15, 0.2) is 0 Å². The van der Waals surface area contributed by atoms with Gasteiger partial charge < -0.3 is 15.7 Å². The number of halogens is 1. The fraction of sp³-hybridized carbons (Fsp3) is 0.538. The quantitative estimate of drug-likeness (QED) is 0.772. The number of urea groups is 1. The van der Waals surface area contributed by atoms with Crippen LogP contribution in [0.25, 0.3) is 0 Å². The molecule has 0 spiro atoms. The molecular formula is C13H17BrN2O3S. The van der Waals surface area contributed by atoms with Gasteiger partial charge in [0.25, 0.3) is 0 Å². The second-order valence-corrected chi connectivity index (χ2v) is 6.71. The van der Waals surface area contributed by atoms with Gasteiger partial charge in [0, 0.05) is 15.4 Å². The molecule has 3 N–H and O–H groups in total. The van der Waals surface area contributed by atoms with E-state index in [0.717, 1.165) is 28.6 Å². The van der Waals surface area contributed by atoms with Gasteiger partial charge in [-0.1, -0.05) is 12.8 Å². The van der Waals surface area contributed by atoms with Crippen molar-refractivity contribution in [2.45, 2.75) is 38.3 Å². The van der Waals surface area contributed by atoms with Crippen molar-refractivity contribution in [2.75, 3.05) is 0 Å². The smallest absolute Gasteiger partial charge is 0.315 e. The van der Waals surface area contributed by atoms with Crippen LogP contribution >= 0.6 is 27.3 Å². The van der Waals surface area contributed by atoms with Gasteiger partial charge >= 0.3 is 12.0 Å². The molecule has 0 bridgehead atoms. The summed E-state index contributed by atoms with van der Waals surface area (Å²) in [6, 6.07) is 1.36. The van der Waals surface area contributed by atoms with Gasteiger partial charge in [-0.25, -0.2) is 4.79 Å². The minimum absolute atomic E-state index is 0.270. The van der Waals surface area contributed by atoms with E-state index in [2.05, 4.69) is 26.6 Å². The maximum Gasteiger partial charge on any atom is 0.315 e. The molecule has 20 heavy (non-hydrogen) atoms. The fourth-order valence-corrected chi connectivity index (χ4v) is 3.86. The van der Waals surface area contributed by atoms with Crippen molar-refractivity contribution in [2.24, 2.45) is 5.92 Å². The highest BCUT2D eigenvalue weighted by molar-refractivity contribution is 9.10. The zero-order valence-corrected chi connectivity index (χ0v) is 13.3. The molecule has 1 aromatic heterocycles. The number of hydrogen-bond acceptors (Lipinski definition) is 3. The molecule has 2 rings (SSSR count). The number of hydrogen-bond donors (Lipinski definition) is 3. The lowest BCUT2D eigenvalue weighted by atomic mass is 9.84. The maximum atomic E-state index is 11.9. The third-order valence-electron chi connectivity index (χ3n) is 3.50. The first-order valence-electron chi connectivity index (χ1n) is 6.57. The molecule has 1 aliphatic rings. The van der Waals surface area contributed by atoms with E-state index in [-0.39, 0.29) is 12.1 Å². The summed E-state index contributed by atoms with van der Waals surface area (Å²) in [5.74, 6) is -1.29. The van der Waals surface area contributed by atoms with Crippen LogP contribution < -0.4 is 10.6 Å². The maximum absolute atomic E-state index is 11.9. The van der Waals surface area contributed by atoms with Gasteiger partial charge in [0.1, 0.15) is 0 Å². The third-order valence-corrected chi connectivity index (χ3v) is 5.43. The predicted octanol–water partition coefficient (Wildman–Crippen LogP) is 2.95.